The molecule has 0 bridgehead atoms. The van der Waals surface area contributed by atoms with Crippen LogP contribution in [0.3, 0.4) is 0 Å². The maximum absolute atomic E-state index is 14.4. The van der Waals surface area contributed by atoms with Crippen LogP contribution in [0.5, 0.6) is 0 Å². The van der Waals surface area contributed by atoms with Gasteiger partial charge >= 0.3 is 0 Å². The smallest absolute Gasteiger partial charge is 0.289 e. The molecule has 2 aromatic carbocycles. The summed E-state index contributed by atoms with van der Waals surface area (Å²) < 4.78 is 28.8. The molecule has 0 aliphatic rings. The number of carbonyl (C=O) groups excluding carboxylic acids is 1. The molecule has 2 aromatic heterocycles. The third-order valence-electron chi connectivity index (χ3n) is 8.06. The van der Waals surface area contributed by atoms with Gasteiger partial charge in [-0.05, 0) is 79.8 Å². The summed E-state index contributed by atoms with van der Waals surface area (Å²) in [6.07, 6.45) is 11.9. The van der Waals surface area contributed by atoms with Crippen molar-refractivity contribution in [2.75, 3.05) is 14.1 Å². The van der Waals surface area contributed by atoms with Crippen molar-refractivity contribution in [3.8, 4) is 0 Å². The molecule has 0 radical (unpaired) electrons. The van der Waals surface area contributed by atoms with Gasteiger partial charge in [0, 0.05) is 51.0 Å². The molecule has 11 heteroatoms. The van der Waals surface area contributed by atoms with Crippen LogP contribution >= 0.6 is 0 Å². The number of nitrogens with zero attached hydrogens (tertiary/aromatic N) is 5. The van der Waals surface area contributed by atoms with Crippen LogP contribution < -0.4 is 0 Å². The first-order valence-electron chi connectivity index (χ1n) is 15.0. The molecule has 1 atom stereocenters. The fourth-order valence-electron chi connectivity index (χ4n) is 5.48. The van der Waals surface area contributed by atoms with Crippen molar-refractivity contribution in [3.63, 3.8) is 0 Å². The van der Waals surface area contributed by atoms with E-state index >= 15 is 0 Å². The number of sulfonamides is 1. The fraction of sp³-hybridized carbons (Fsp3) is 0.324. The highest BCUT2D eigenvalue weighted by molar-refractivity contribution is 7.89. The van der Waals surface area contributed by atoms with Gasteiger partial charge in [-0.25, -0.2) is 8.42 Å². The number of carbonyl (C=O) groups is 1. The summed E-state index contributed by atoms with van der Waals surface area (Å²) in [4.78, 5) is 35.0. The van der Waals surface area contributed by atoms with Crippen LogP contribution in [-0.2, 0) is 34.1 Å². The third-order valence-corrected chi connectivity index (χ3v) is 9.98. The lowest BCUT2D eigenvalue weighted by molar-refractivity contribution is -0.387. The Labute approximate surface area is 265 Å². The number of likely N-dealkylation sites (N-methyl/N-ethyl adjacent to an activating group) is 2. The molecule has 45 heavy (non-hydrogen) atoms. The van der Waals surface area contributed by atoms with Crippen molar-refractivity contribution < 1.29 is 18.1 Å². The number of aryl methyl sites for hydroxylation is 2. The van der Waals surface area contributed by atoms with Crippen LogP contribution in [0.1, 0.15) is 42.4 Å². The largest absolute Gasteiger partial charge is 0.341 e. The number of pyridine rings is 2. The first-order valence-corrected chi connectivity index (χ1v) is 16.4. The van der Waals surface area contributed by atoms with Crippen LogP contribution in [0.15, 0.2) is 109 Å². The second-order valence-electron chi connectivity index (χ2n) is 11.1. The summed E-state index contributed by atoms with van der Waals surface area (Å²) in [6, 6.07) is 21.0. The van der Waals surface area contributed by atoms with Crippen molar-refractivity contribution in [2.24, 2.45) is 0 Å². The summed E-state index contributed by atoms with van der Waals surface area (Å²) in [7, 11) is -1.36. The Morgan fingerprint density at radius 3 is 1.87 bits per heavy atom. The number of para-hydroxylation sites is 1. The quantitative estimate of drug-likeness (QED) is 0.119. The zero-order valence-electron chi connectivity index (χ0n) is 25.6. The van der Waals surface area contributed by atoms with Crippen molar-refractivity contribution in [1.29, 1.82) is 0 Å². The Balaban J connectivity index is 1.61. The van der Waals surface area contributed by atoms with Gasteiger partial charge in [0.05, 0.1) is 4.92 Å². The van der Waals surface area contributed by atoms with E-state index in [0.717, 1.165) is 52.7 Å². The molecular formula is C34H39N5O5S. The number of amides is 1. The standard InChI is InChI=1S/C34H39N5O5S/c1-37(30(18-8-14-28-16-10-22-35-25-28)19-9-15-29-17-11-23-36-26-29)34(40)32(24-27-12-4-3-5-13-27)38(2)45(43,44)33-21-7-6-20-31(33)39(41)42/h3-7,10-13,16-17,20-23,25-26,30,32H,8-9,14-15,18-19,24H2,1-2H3. The average molecular weight is 630 g/mol. The molecule has 0 fully saturated rings. The monoisotopic (exact) mass is 629 g/mol. The molecular weight excluding hydrogens is 590 g/mol. The van der Waals surface area contributed by atoms with Crippen LogP contribution in [0.2, 0.25) is 0 Å². The predicted molar refractivity (Wildman–Crippen MR) is 173 cm³/mol. The molecule has 0 aliphatic heterocycles. The number of hydrogen-bond donors (Lipinski definition) is 0. The zero-order chi connectivity index (χ0) is 32.2. The van der Waals surface area contributed by atoms with Crippen molar-refractivity contribution in [3.05, 3.63) is 130 Å². The Kier molecular flexibility index (Phi) is 11.9. The number of aromatic nitrogens is 2. The highest BCUT2D eigenvalue weighted by atomic mass is 32.2. The Morgan fingerprint density at radius 1 is 0.800 bits per heavy atom. The maximum Gasteiger partial charge on any atom is 0.289 e. The van der Waals surface area contributed by atoms with Crippen LogP contribution in [-0.4, -0.2) is 64.6 Å². The Morgan fingerprint density at radius 2 is 1.33 bits per heavy atom. The van der Waals surface area contributed by atoms with Crippen LogP contribution in [0, 0.1) is 10.1 Å². The number of nitro groups is 1. The van der Waals surface area contributed by atoms with Gasteiger partial charge in [0.1, 0.15) is 6.04 Å². The SMILES string of the molecule is CN(C(=O)C(Cc1ccccc1)N(C)S(=O)(=O)c1ccccc1[N+](=O)[O-])C(CCCc1cccnc1)CCCc1cccnc1. The minimum absolute atomic E-state index is 0.110. The molecule has 4 rings (SSSR count). The summed E-state index contributed by atoms with van der Waals surface area (Å²) in [5.41, 5.74) is 2.46. The first-order chi connectivity index (χ1) is 21.7. The van der Waals surface area contributed by atoms with Gasteiger partial charge < -0.3 is 4.90 Å². The molecule has 4 aromatic rings. The topological polar surface area (TPSA) is 127 Å². The lowest BCUT2D eigenvalue weighted by Crippen LogP contribution is -2.52. The van der Waals surface area contributed by atoms with Crippen LogP contribution in [0.25, 0.3) is 0 Å². The molecule has 10 nitrogen and oxygen atoms in total. The van der Waals surface area contributed by atoms with Gasteiger partial charge in [-0.1, -0.05) is 54.6 Å². The number of benzene rings is 2. The van der Waals surface area contributed by atoms with E-state index in [1.165, 1.54) is 25.2 Å². The second-order valence-corrected chi connectivity index (χ2v) is 13.0. The summed E-state index contributed by atoms with van der Waals surface area (Å²) in [5, 5.41) is 11.7. The summed E-state index contributed by atoms with van der Waals surface area (Å²) >= 11 is 0. The van der Waals surface area contributed by atoms with Gasteiger partial charge in [-0.3, -0.25) is 24.9 Å². The van der Waals surface area contributed by atoms with Crippen LogP contribution in [0.4, 0.5) is 5.69 Å². The van der Waals surface area contributed by atoms with E-state index in [1.807, 2.05) is 67.0 Å². The van der Waals surface area contributed by atoms with E-state index < -0.39 is 31.6 Å². The Hall–Kier alpha value is -4.48. The number of nitro benzene ring substituents is 1. The summed E-state index contributed by atoms with van der Waals surface area (Å²) in [6.45, 7) is 0. The number of hydrogen-bond acceptors (Lipinski definition) is 7. The predicted octanol–water partition coefficient (Wildman–Crippen LogP) is 5.49. The third kappa shape index (κ3) is 9.02. The van der Waals surface area contributed by atoms with Crippen molar-refractivity contribution in [2.45, 2.75) is 61.9 Å². The normalized spacial score (nSPS) is 12.3. The molecule has 0 N–H and O–H groups in total. The summed E-state index contributed by atoms with van der Waals surface area (Å²) in [5.74, 6) is -0.365. The van der Waals surface area contributed by atoms with E-state index in [9.17, 15) is 23.3 Å². The van der Waals surface area contributed by atoms with E-state index in [-0.39, 0.29) is 18.4 Å². The van der Waals surface area contributed by atoms with Gasteiger partial charge in [-0.2, -0.15) is 4.31 Å². The molecule has 0 saturated carbocycles. The molecule has 0 saturated heterocycles. The van der Waals surface area contributed by atoms with E-state index in [0.29, 0.717) is 12.8 Å². The van der Waals surface area contributed by atoms with Crippen molar-refractivity contribution in [1.82, 2.24) is 19.2 Å². The van der Waals surface area contributed by atoms with Gasteiger partial charge in [-0.15, -0.1) is 0 Å². The molecule has 1 unspecified atom stereocenters. The van der Waals surface area contributed by atoms with Gasteiger partial charge in [0.15, 0.2) is 4.90 Å². The first kappa shape index (κ1) is 33.4. The minimum Gasteiger partial charge on any atom is -0.341 e. The minimum atomic E-state index is -4.41. The highest BCUT2D eigenvalue weighted by Gasteiger charge is 2.38. The lowest BCUT2D eigenvalue weighted by atomic mass is 9.97. The lowest BCUT2D eigenvalue weighted by Gasteiger charge is -2.35. The average Bonchev–Trinajstić information content (AvgIpc) is 3.07. The van der Waals surface area contributed by atoms with E-state index in [1.54, 1.807) is 24.3 Å². The van der Waals surface area contributed by atoms with Crippen molar-refractivity contribution >= 4 is 21.6 Å². The molecule has 0 aliphatic carbocycles. The molecule has 236 valence electrons. The molecule has 1 amide bonds. The van der Waals surface area contributed by atoms with E-state index in [4.69, 9.17) is 0 Å². The van der Waals surface area contributed by atoms with Gasteiger partial charge in [0.25, 0.3) is 5.69 Å². The fourth-order valence-corrected chi connectivity index (χ4v) is 6.95. The molecule has 0 spiro atoms. The van der Waals surface area contributed by atoms with E-state index in [2.05, 4.69) is 9.97 Å². The Bertz CT molecular complexity index is 1590. The number of rotatable bonds is 16. The molecule has 2 heterocycles. The maximum atomic E-state index is 14.4. The highest BCUT2D eigenvalue weighted by Crippen LogP contribution is 2.28. The zero-order valence-corrected chi connectivity index (χ0v) is 26.4. The van der Waals surface area contributed by atoms with Gasteiger partial charge in [0.2, 0.25) is 15.9 Å². The second kappa shape index (κ2) is 16.0.